The number of nitrogens with zero attached hydrogens (tertiary/aromatic N) is 3. The van der Waals surface area contributed by atoms with Crippen LogP contribution in [0.2, 0.25) is 0 Å². The highest BCUT2D eigenvalue weighted by Crippen LogP contribution is 2.31. The van der Waals surface area contributed by atoms with Crippen molar-refractivity contribution >= 4 is 28.2 Å². The van der Waals surface area contributed by atoms with Crippen LogP contribution in [0, 0.1) is 0 Å². The number of amides is 1. The highest BCUT2D eigenvalue weighted by atomic mass is 32.1. The molecule has 1 amide bonds. The van der Waals surface area contributed by atoms with Gasteiger partial charge in [0.25, 0.3) is 5.91 Å². The number of piperidine rings is 1. The van der Waals surface area contributed by atoms with Crippen molar-refractivity contribution in [3.05, 3.63) is 4.88 Å². The lowest BCUT2D eigenvalue weighted by atomic mass is 10.1. The summed E-state index contributed by atoms with van der Waals surface area (Å²) in [5, 5.41) is 0.809. The zero-order valence-electron chi connectivity index (χ0n) is 13.0. The summed E-state index contributed by atoms with van der Waals surface area (Å²) in [5.41, 5.74) is 12.0. The fourth-order valence-corrected chi connectivity index (χ4v) is 3.43. The molecule has 1 aromatic rings. The van der Waals surface area contributed by atoms with E-state index in [2.05, 4.69) is 16.8 Å². The van der Waals surface area contributed by atoms with Gasteiger partial charge in [-0.05, 0) is 26.2 Å². The van der Waals surface area contributed by atoms with Crippen LogP contribution in [0.5, 0.6) is 0 Å². The van der Waals surface area contributed by atoms with Gasteiger partial charge in [-0.3, -0.25) is 4.79 Å². The van der Waals surface area contributed by atoms with E-state index in [0.717, 1.165) is 37.5 Å². The molecule has 1 fully saturated rings. The molecule has 0 saturated carbocycles. The Morgan fingerprint density at radius 3 is 2.95 bits per heavy atom. The van der Waals surface area contributed by atoms with Crippen LogP contribution in [0.4, 0.5) is 10.9 Å². The summed E-state index contributed by atoms with van der Waals surface area (Å²) in [4.78, 5) is 21.3. The van der Waals surface area contributed by atoms with Crippen molar-refractivity contribution in [2.24, 2.45) is 5.73 Å². The zero-order valence-corrected chi connectivity index (χ0v) is 13.8. The summed E-state index contributed by atoms with van der Waals surface area (Å²) in [6.45, 7) is 5.79. The Morgan fingerprint density at radius 1 is 1.62 bits per heavy atom. The van der Waals surface area contributed by atoms with Gasteiger partial charge in [-0.15, -0.1) is 0 Å². The number of carbonyl (C=O) groups is 1. The Labute approximate surface area is 130 Å². The van der Waals surface area contributed by atoms with E-state index in [1.54, 1.807) is 4.90 Å². The Balaban J connectivity index is 2.17. The summed E-state index contributed by atoms with van der Waals surface area (Å²) < 4.78 is 0. The first-order valence-corrected chi connectivity index (χ1v) is 8.29. The van der Waals surface area contributed by atoms with E-state index in [-0.39, 0.29) is 18.0 Å². The predicted octanol–water partition coefficient (Wildman–Crippen LogP) is 1.52. The van der Waals surface area contributed by atoms with E-state index < -0.39 is 0 Å². The van der Waals surface area contributed by atoms with Gasteiger partial charge >= 0.3 is 0 Å². The number of hydrogen-bond acceptors (Lipinski definition) is 6. The largest absolute Gasteiger partial charge is 0.382 e. The molecular weight excluding hydrogens is 286 g/mol. The molecule has 1 saturated heterocycles. The first-order chi connectivity index (χ1) is 9.93. The number of hydrogen-bond donors (Lipinski definition) is 2. The minimum absolute atomic E-state index is 0.0492. The fraction of sp³-hybridized carbons (Fsp3) is 0.714. The third kappa shape index (κ3) is 3.47. The van der Waals surface area contributed by atoms with Gasteiger partial charge in [0.05, 0.1) is 0 Å². The smallest absolute Gasteiger partial charge is 0.267 e. The van der Waals surface area contributed by atoms with Crippen molar-refractivity contribution in [1.29, 1.82) is 0 Å². The maximum Gasteiger partial charge on any atom is 0.267 e. The van der Waals surface area contributed by atoms with Crippen LogP contribution < -0.4 is 16.4 Å². The van der Waals surface area contributed by atoms with E-state index in [0.29, 0.717) is 10.7 Å². The molecule has 1 aliphatic heterocycles. The number of rotatable bonds is 4. The van der Waals surface area contributed by atoms with Crippen LogP contribution in [-0.4, -0.2) is 48.0 Å². The number of nitrogens with two attached hydrogens (primary N) is 2. The number of carbonyl (C=O) groups excluding carboxylic acids is 1. The third-order valence-electron chi connectivity index (χ3n) is 4.14. The molecule has 0 radical (unpaired) electrons. The molecule has 1 aliphatic rings. The summed E-state index contributed by atoms with van der Waals surface area (Å²) in [5.74, 6) is 0.279. The monoisotopic (exact) mass is 311 g/mol. The van der Waals surface area contributed by atoms with E-state index in [9.17, 15) is 4.79 Å². The zero-order chi connectivity index (χ0) is 15.6. The average Bonchev–Trinajstić information content (AvgIpc) is 2.87. The number of aromatic nitrogens is 1. The summed E-state index contributed by atoms with van der Waals surface area (Å²) in [7, 11) is 1.81. The van der Waals surface area contributed by atoms with Crippen LogP contribution in [0.15, 0.2) is 0 Å². The van der Waals surface area contributed by atoms with Crippen LogP contribution in [-0.2, 0) is 0 Å². The van der Waals surface area contributed by atoms with Gasteiger partial charge < -0.3 is 21.3 Å². The minimum atomic E-state index is -0.0492. The SMILES string of the molecule is CCC(C)N(C)C(=O)c1sc(N2CCCC(N)C2)nc1N. The first-order valence-electron chi connectivity index (χ1n) is 7.48. The number of thiazole rings is 1. The van der Waals surface area contributed by atoms with Gasteiger partial charge in [0.15, 0.2) is 5.13 Å². The molecule has 0 aromatic carbocycles. The molecule has 2 rings (SSSR count). The molecule has 2 atom stereocenters. The van der Waals surface area contributed by atoms with Crippen LogP contribution in [0.25, 0.3) is 0 Å². The molecule has 0 bridgehead atoms. The summed E-state index contributed by atoms with van der Waals surface area (Å²) >= 11 is 1.38. The summed E-state index contributed by atoms with van der Waals surface area (Å²) in [6.07, 6.45) is 3.01. The molecule has 118 valence electrons. The molecule has 0 spiro atoms. The fourth-order valence-electron chi connectivity index (χ4n) is 2.43. The van der Waals surface area contributed by atoms with Crippen molar-refractivity contribution in [3.8, 4) is 0 Å². The number of anilines is 2. The lowest BCUT2D eigenvalue weighted by Crippen LogP contribution is -2.42. The predicted molar refractivity (Wildman–Crippen MR) is 87.8 cm³/mol. The van der Waals surface area contributed by atoms with Gasteiger partial charge in [-0.1, -0.05) is 18.3 Å². The highest BCUT2D eigenvalue weighted by molar-refractivity contribution is 7.18. The second-order valence-electron chi connectivity index (χ2n) is 5.73. The lowest BCUT2D eigenvalue weighted by molar-refractivity contribution is 0.0746. The molecule has 2 heterocycles. The molecule has 1 aromatic heterocycles. The quantitative estimate of drug-likeness (QED) is 0.880. The van der Waals surface area contributed by atoms with Crippen LogP contribution in [0.3, 0.4) is 0 Å². The van der Waals surface area contributed by atoms with E-state index in [1.165, 1.54) is 11.3 Å². The van der Waals surface area contributed by atoms with Crippen molar-refractivity contribution in [3.63, 3.8) is 0 Å². The van der Waals surface area contributed by atoms with Gasteiger partial charge in [-0.25, -0.2) is 4.98 Å². The number of nitrogen functional groups attached to an aromatic ring is 1. The minimum Gasteiger partial charge on any atom is -0.382 e. The Hall–Kier alpha value is -1.34. The average molecular weight is 311 g/mol. The maximum absolute atomic E-state index is 12.5. The van der Waals surface area contributed by atoms with Gasteiger partial charge in [0.1, 0.15) is 10.7 Å². The maximum atomic E-state index is 12.5. The topological polar surface area (TPSA) is 88.5 Å². The van der Waals surface area contributed by atoms with E-state index in [4.69, 9.17) is 11.5 Å². The van der Waals surface area contributed by atoms with Crippen molar-refractivity contribution in [2.45, 2.75) is 45.2 Å². The van der Waals surface area contributed by atoms with Crippen molar-refractivity contribution < 1.29 is 4.79 Å². The molecule has 6 nitrogen and oxygen atoms in total. The second-order valence-corrected chi connectivity index (χ2v) is 6.71. The third-order valence-corrected chi connectivity index (χ3v) is 5.26. The molecule has 0 aliphatic carbocycles. The van der Waals surface area contributed by atoms with Crippen molar-refractivity contribution in [2.75, 3.05) is 30.8 Å². The van der Waals surface area contributed by atoms with Crippen LogP contribution in [0.1, 0.15) is 42.8 Å². The van der Waals surface area contributed by atoms with Crippen LogP contribution >= 0.6 is 11.3 Å². The highest BCUT2D eigenvalue weighted by Gasteiger charge is 2.26. The second kappa shape index (κ2) is 6.62. The van der Waals surface area contributed by atoms with Gasteiger partial charge in [-0.2, -0.15) is 0 Å². The Morgan fingerprint density at radius 2 is 2.33 bits per heavy atom. The Kier molecular flexibility index (Phi) is 5.05. The first kappa shape index (κ1) is 16.0. The molecule has 2 unspecified atom stereocenters. The normalized spacial score (nSPS) is 20.4. The van der Waals surface area contributed by atoms with Gasteiger partial charge in [0.2, 0.25) is 0 Å². The lowest BCUT2D eigenvalue weighted by Gasteiger charge is -2.30. The molecule has 4 N–H and O–H groups in total. The van der Waals surface area contributed by atoms with Gasteiger partial charge in [0, 0.05) is 32.2 Å². The Bertz CT molecular complexity index is 504. The molecular formula is C14H25N5OS. The molecule has 21 heavy (non-hydrogen) atoms. The van der Waals surface area contributed by atoms with E-state index >= 15 is 0 Å². The molecule has 7 heteroatoms. The van der Waals surface area contributed by atoms with E-state index in [1.807, 2.05) is 14.0 Å². The standard InChI is InChI=1S/C14H25N5OS/c1-4-9(2)18(3)13(20)11-12(16)17-14(21-11)19-7-5-6-10(15)8-19/h9-10H,4-8,15-16H2,1-3H3. The van der Waals surface area contributed by atoms with Crippen molar-refractivity contribution in [1.82, 2.24) is 9.88 Å². The summed E-state index contributed by atoms with van der Waals surface area (Å²) in [6, 6.07) is 0.358.